The maximum absolute atomic E-state index is 5.79. The number of nitrogens with zero attached hydrogens (tertiary/aromatic N) is 1. The Bertz CT molecular complexity index is 607. The fourth-order valence-electron chi connectivity index (χ4n) is 3.06. The summed E-state index contributed by atoms with van der Waals surface area (Å²) in [5.74, 6) is 0. The van der Waals surface area contributed by atoms with Gasteiger partial charge >= 0.3 is 0 Å². The topological polar surface area (TPSA) is 29.3 Å². The minimum atomic E-state index is 0.468. The summed E-state index contributed by atoms with van der Waals surface area (Å²) in [5, 5.41) is 0. The Morgan fingerprint density at radius 3 is 2.60 bits per heavy atom. The van der Waals surface area contributed by atoms with Crippen LogP contribution in [-0.4, -0.2) is 6.54 Å². The summed E-state index contributed by atoms with van der Waals surface area (Å²) in [6.45, 7) is 3.30. The van der Waals surface area contributed by atoms with Crippen LogP contribution in [0.4, 0.5) is 11.4 Å². The fraction of sp³-hybridized carbons (Fsp3) is 0.294. The first-order chi connectivity index (χ1) is 9.65. The lowest BCUT2D eigenvalue weighted by molar-refractivity contribution is 0.718. The predicted octanol–water partition coefficient (Wildman–Crippen LogP) is 4.68. The van der Waals surface area contributed by atoms with Crippen LogP contribution >= 0.6 is 15.9 Å². The zero-order valence-corrected chi connectivity index (χ0v) is 13.2. The quantitative estimate of drug-likeness (QED) is 0.810. The fourth-order valence-corrected chi connectivity index (χ4v) is 3.54. The van der Waals surface area contributed by atoms with Crippen molar-refractivity contribution >= 4 is 27.3 Å². The molecule has 1 atom stereocenters. The highest BCUT2D eigenvalue weighted by atomic mass is 79.9. The van der Waals surface area contributed by atoms with Gasteiger partial charge in [-0.1, -0.05) is 28.1 Å². The number of nitrogens with two attached hydrogens (primary N) is 1. The van der Waals surface area contributed by atoms with Gasteiger partial charge in [0.15, 0.2) is 0 Å². The Balaban J connectivity index is 1.94. The van der Waals surface area contributed by atoms with E-state index in [2.05, 4.69) is 58.1 Å². The molecule has 2 nitrogen and oxygen atoms in total. The number of aryl methyl sites for hydroxylation is 1. The molecule has 1 fully saturated rings. The summed E-state index contributed by atoms with van der Waals surface area (Å²) in [7, 11) is 0. The molecule has 1 heterocycles. The Labute approximate surface area is 128 Å². The summed E-state index contributed by atoms with van der Waals surface area (Å²) in [6, 6.07) is 15.3. The standard InChI is InChI=1S/C17H19BrN2/c1-12-11-14(18)6-9-16(12)20-10-2-3-17(20)13-4-7-15(19)8-5-13/h4-9,11,17H,2-3,10,19H2,1H3. The highest BCUT2D eigenvalue weighted by Gasteiger charge is 2.26. The second-order valence-electron chi connectivity index (χ2n) is 5.45. The normalized spacial score (nSPS) is 18.5. The van der Waals surface area contributed by atoms with Crippen LogP contribution in [0.5, 0.6) is 0 Å². The molecule has 3 heteroatoms. The molecule has 0 amide bonds. The summed E-state index contributed by atoms with van der Waals surface area (Å²) < 4.78 is 1.14. The van der Waals surface area contributed by atoms with Gasteiger partial charge in [-0.3, -0.25) is 0 Å². The summed E-state index contributed by atoms with van der Waals surface area (Å²) in [5.41, 5.74) is 10.6. The molecule has 1 saturated heterocycles. The Kier molecular flexibility index (Phi) is 3.70. The van der Waals surface area contributed by atoms with E-state index in [1.165, 1.54) is 29.7 Å². The van der Waals surface area contributed by atoms with Crippen LogP contribution in [0.3, 0.4) is 0 Å². The lowest BCUT2D eigenvalue weighted by atomic mass is 10.0. The van der Waals surface area contributed by atoms with E-state index in [1.54, 1.807) is 0 Å². The Morgan fingerprint density at radius 1 is 1.15 bits per heavy atom. The highest BCUT2D eigenvalue weighted by molar-refractivity contribution is 9.10. The molecule has 2 N–H and O–H groups in total. The minimum Gasteiger partial charge on any atom is -0.399 e. The maximum atomic E-state index is 5.79. The number of halogens is 1. The summed E-state index contributed by atoms with van der Waals surface area (Å²) in [4.78, 5) is 2.52. The van der Waals surface area contributed by atoms with E-state index in [1.807, 2.05) is 12.1 Å². The van der Waals surface area contributed by atoms with Gasteiger partial charge in [-0.05, 0) is 61.2 Å². The molecule has 1 unspecified atom stereocenters. The van der Waals surface area contributed by atoms with Crippen LogP contribution in [0.1, 0.15) is 30.0 Å². The van der Waals surface area contributed by atoms with E-state index in [-0.39, 0.29) is 0 Å². The molecule has 0 spiro atoms. The van der Waals surface area contributed by atoms with Crippen molar-refractivity contribution in [2.24, 2.45) is 0 Å². The van der Waals surface area contributed by atoms with Crippen molar-refractivity contribution in [1.82, 2.24) is 0 Å². The van der Waals surface area contributed by atoms with Gasteiger partial charge < -0.3 is 10.6 Å². The van der Waals surface area contributed by atoms with Gasteiger partial charge in [0.2, 0.25) is 0 Å². The molecule has 1 aliphatic rings. The second-order valence-corrected chi connectivity index (χ2v) is 6.36. The van der Waals surface area contributed by atoms with Crippen molar-refractivity contribution in [3.63, 3.8) is 0 Å². The summed E-state index contributed by atoms with van der Waals surface area (Å²) >= 11 is 3.54. The van der Waals surface area contributed by atoms with Crippen LogP contribution < -0.4 is 10.6 Å². The van der Waals surface area contributed by atoms with E-state index in [4.69, 9.17) is 5.73 Å². The smallest absolute Gasteiger partial charge is 0.0543 e. The first-order valence-electron chi connectivity index (χ1n) is 7.03. The van der Waals surface area contributed by atoms with Gasteiger partial charge in [-0.25, -0.2) is 0 Å². The molecule has 20 heavy (non-hydrogen) atoms. The minimum absolute atomic E-state index is 0.468. The average molecular weight is 331 g/mol. The monoisotopic (exact) mass is 330 g/mol. The molecule has 0 radical (unpaired) electrons. The van der Waals surface area contributed by atoms with Crippen molar-refractivity contribution in [2.45, 2.75) is 25.8 Å². The number of benzene rings is 2. The third kappa shape index (κ3) is 2.55. The predicted molar refractivity (Wildman–Crippen MR) is 89.1 cm³/mol. The number of nitrogen functional groups attached to an aromatic ring is 1. The lowest BCUT2D eigenvalue weighted by Gasteiger charge is -2.29. The Hall–Kier alpha value is -1.48. The third-order valence-electron chi connectivity index (χ3n) is 4.04. The van der Waals surface area contributed by atoms with Crippen molar-refractivity contribution in [1.29, 1.82) is 0 Å². The van der Waals surface area contributed by atoms with E-state index in [0.29, 0.717) is 6.04 Å². The van der Waals surface area contributed by atoms with Gasteiger partial charge in [0.25, 0.3) is 0 Å². The van der Waals surface area contributed by atoms with Crippen molar-refractivity contribution in [3.05, 3.63) is 58.1 Å². The Morgan fingerprint density at radius 2 is 1.90 bits per heavy atom. The molecule has 104 valence electrons. The van der Waals surface area contributed by atoms with E-state index in [0.717, 1.165) is 16.7 Å². The number of hydrogen-bond acceptors (Lipinski definition) is 2. The number of hydrogen-bond donors (Lipinski definition) is 1. The van der Waals surface area contributed by atoms with Gasteiger partial charge in [0.1, 0.15) is 0 Å². The average Bonchev–Trinajstić information content (AvgIpc) is 2.88. The first-order valence-corrected chi connectivity index (χ1v) is 7.83. The molecule has 1 aliphatic heterocycles. The zero-order chi connectivity index (χ0) is 14.1. The van der Waals surface area contributed by atoms with Crippen molar-refractivity contribution in [3.8, 4) is 0 Å². The van der Waals surface area contributed by atoms with Crippen molar-refractivity contribution < 1.29 is 0 Å². The van der Waals surface area contributed by atoms with Gasteiger partial charge in [-0.2, -0.15) is 0 Å². The van der Waals surface area contributed by atoms with Gasteiger partial charge in [0.05, 0.1) is 6.04 Å². The first kappa shape index (κ1) is 13.5. The molecule has 0 aliphatic carbocycles. The van der Waals surface area contributed by atoms with Crippen LogP contribution in [-0.2, 0) is 0 Å². The van der Waals surface area contributed by atoms with Gasteiger partial charge in [-0.15, -0.1) is 0 Å². The van der Waals surface area contributed by atoms with E-state index < -0.39 is 0 Å². The second kappa shape index (κ2) is 5.49. The van der Waals surface area contributed by atoms with Crippen LogP contribution in [0.2, 0.25) is 0 Å². The lowest BCUT2D eigenvalue weighted by Crippen LogP contribution is -2.23. The molecular weight excluding hydrogens is 312 g/mol. The van der Waals surface area contributed by atoms with E-state index in [9.17, 15) is 0 Å². The zero-order valence-electron chi connectivity index (χ0n) is 11.6. The third-order valence-corrected chi connectivity index (χ3v) is 4.54. The van der Waals surface area contributed by atoms with Crippen LogP contribution in [0.25, 0.3) is 0 Å². The van der Waals surface area contributed by atoms with Crippen molar-refractivity contribution in [2.75, 3.05) is 17.2 Å². The number of anilines is 2. The number of rotatable bonds is 2. The maximum Gasteiger partial charge on any atom is 0.0543 e. The van der Waals surface area contributed by atoms with Gasteiger partial charge in [0, 0.05) is 22.4 Å². The van der Waals surface area contributed by atoms with Crippen LogP contribution in [0.15, 0.2) is 46.9 Å². The highest BCUT2D eigenvalue weighted by Crippen LogP contribution is 2.38. The SMILES string of the molecule is Cc1cc(Br)ccc1N1CCCC1c1ccc(N)cc1. The molecule has 0 aromatic heterocycles. The molecule has 2 aromatic carbocycles. The largest absolute Gasteiger partial charge is 0.399 e. The van der Waals surface area contributed by atoms with E-state index >= 15 is 0 Å². The molecular formula is C17H19BrN2. The van der Waals surface area contributed by atoms with Crippen LogP contribution in [0, 0.1) is 6.92 Å². The molecule has 0 saturated carbocycles. The summed E-state index contributed by atoms with van der Waals surface area (Å²) in [6.07, 6.45) is 2.45. The molecule has 3 rings (SSSR count). The molecule has 2 aromatic rings. The molecule has 0 bridgehead atoms.